The van der Waals surface area contributed by atoms with E-state index >= 15 is 0 Å². The molecule has 144 valence electrons. The first-order valence-electron chi connectivity index (χ1n) is 8.31. The fourth-order valence-corrected chi connectivity index (χ4v) is 3.59. The van der Waals surface area contributed by atoms with E-state index in [0.717, 1.165) is 11.1 Å². The summed E-state index contributed by atoms with van der Waals surface area (Å²) in [7, 11) is 0. The molecule has 0 aromatic heterocycles. The second kappa shape index (κ2) is 8.74. The van der Waals surface area contributed by atoms with Gasteiger partial charge in [0.1, 0.15) is 11.5 Å². The van der Waals surface area contributed by atoms with Gasteiger partial charge in [-0.05, 0) is 41.0 Å². The normalized spacial score (nSPS) is 10.7. The molecule has 0 aliphatic rings. The smallest absolute Gasteiger partial charge is 0.255 e. The third-order valence-electron chi connectivity index (χ3n) is 4.11. The predicted octanol–water partition coefficient (Wildman–Crippen LogP) is 5.47. The Bertz CT molecular complexity index is 1000. The molecule has 0 fully saturated rings. The first kappa shape index (κ1) is 20.3. The van der Waals surface area contributed by atoms with Gasteiger partial charge in [0.2, 0.25) is 0 Å². The van der Waals surface area contributed by atoms with E-state index in [2.05, 4.69) is 0 Å². The number of rotatable bonds is 6. The standard InChI is InChI=1S/C21H16Cl3NO3/c22-17-10-20(26)15(12-4-2-1-3-5-12)6-13(17)7-16-18(23)8-14(9-19(16)24)28-11-21(25)27/h1-6,8-10,26H,7,11H2,(H2,25,27). The number of carbonyl (C=O) groups is 1. The van der Waals surface area contributed by atoms with Crippen molar-refractivity contribution in [2.24, 2.45) is 5.73 Å². The Labute approximate surface area is 177 Å². The van der Waals surface area contributed by atoms with Crippen LogP contribution in [0.15, 0.2) is 54.6 Å². The summed E-state index contributed by atoms with van der Waals surface area (Å²) in [6.07, 6.45) is 0.354. The number of nitrogens with two attached hydrogens (primary N) is 1. The third-order valence-corrected chi connectivity index (χ3v) is 5.14. The number of hydrogen-bond acceptors (Lipinski definition) is 3. The van der Waals surface area contributed by atoms with E-state index in [0.29, 0.717) is 38.4 Å². The first-order chi connectivity index (χ1) is 13.3. The molecule has 0 saturated heterocycles. The van der Waals surface area contributed by atoms with Gasteiger partial charge >= 0.3 is 0 Å². The van der Waals surface area contributed by atoms with Crippen LogP contribution >= 0.6 is 34.8 Å². The van der Waals surface area contributed by atoms with Gasteiger partial charge in [0.25, 0.3) is 5.91 Å². The highest BCUT2D eigenvalue weighted by molar-refractivity contribution is 6.36. The maximum absolute atomic E-state index is 10.9. The number of aromatic hydroxyl groups is 1. The van der Waals surface area contributed by atoms with Crippen LogP contribution in [0, 0.1) is 0 Å². The summed E-state index contributed by atoms with van der Waals surface area (Å²) in [5, 5.41) is 11.4. The van der Waals surface area contributed by atoms with E-state index < -0.39 is 5.91 Å². The summed E-state index contributed by atoms with van der Waals surface area (Å²) in [6.45, 7) is -0.268. The summed E-state index contributed by atoms with van der Waals surface area (Å²) >= 11 is 19.1. The number of phenolic OH excluding ortho intramolecular Hbond substituents is 1. The maximum atomic E-state index is 10.9. The van der Waals surface area contributed by atoms with Crippen LogP contribution in [0.25, 0.3) is 11.1 Å². The van der Waals surface area contributed by atoms with E-state index in [4.69, 9.17) is 45.3 Å². The molecule has 0 atom stereocenters. The van der Waals surface area contributed by atoms with Gasteiger partial charge in [-0.15, -0.1) is 0 Å². The number of hydrogen-bond donors (Lipinski definition) is 2. The topological polar surface area (TPSA) is 72.6 Å². The second-order valence-electron chi connectivity index (χ2n) is 6.12. The van der Waals surface area contributed by atoms with Crippen LogP contribution in [0.4, 0.5) is 0 Å². The molecule has 1 amide bonds. The lowest BCUT2D eigenvalue weighted by molar-refractivity contribution is -0.119. The molecule has 7 heteroatoms. The fraction of sp³-hybridized carbons (Fsp3) is 0.0952. The second-order valence-corrected chi connectivity index (χ2v) is 7.35. The summed E-state index contributed by atoms with van der Waals surface area (Å²) in [6, 6.07) is 15.9. The number of ether oxygens (including phenoxy) is 1. The van der Waals surface area contributed by atoms with Crippen molar-refractivity contribution >= 4 is 40.7 Å². The highest BCUT2D eigenvalue weighted by Crippen LogP contribution is 2.38. The molecule has 0 spiro atoms. The van der Waals surface area contributed by atoms with Crippen LogP contribution in [0.2, 0.25) is 15.1 Å². The number of primary amides is 1. The van der Waals surface area contributed by atoms with Crippen molar-refractivity contribution in [1.29, 1.82) is 0 Å². The van der Waals surface area contributed by atoms with Crippen molar-refractivity contribution in [3.8, 4) is 22.6 Å². The van der Waals surface area contributed by atoms with Crippen molar-refractivity contribution in [3.05, 3.63) is 80.8 Å². The Morgan fingerprint density at radius 3 is 2.21 bits per heavy atom. The van der Waals surface area contributed by atoms with Crippen molar-refractivity contribution in [3.63, 3.8) is 0 Å². The molecule has 3 N–H and O–H groups in total. The van der Waals surface area contributed by atoms with Gasteiger partial charge in [-0.25, -0.2) is 0 Å². The Kier molecular flexibility index (Phi) is 6.35. The van der Waals surface area contributed by atoms with Gasteiger partial charge in [0.15, 0.2) is 6.61 Å². The number of phenols is 1. The minimum absolute atomic E-state index is 0.0901. The molecular weight excluding hydrogens is 421 g/mol. The molecular formula is C21H16Cl3NO3. The summed E-state index contributed by atoms with van der Waals surface area (Å²) in [5.74, 6) is -0.160. The minimum Gasteiger partial charge on any atom is -0.507 e. The lowest BCUT2D eigenvalue weighted by Gasteiger charge is -2.14. The Morgan fingerprint density at radius 2 is 1.61 bits per heavy atom. The zero-order valence-corrected chi connectivity index (χ0v) is 16.9. The van der Waals surface area contributed by atoms with Crippen molar-refractivity contribution in [2.75, 3.05) is 6.61 Å². The van der Waals surface area contributed by atoms with Crippen LogP contribution in [0.1, 0.15) is 11.1 Å². The number of halogens is 3. The average Bonchev–Trinajstić information content (AvgIpc) is 2.65. The molecule has 28 heavy (non-hydrogen) atoms. The molecule has 0 radical (unpaired) electrons. The van der Waals surface area contributed by atoms with Gasteiger partial charge in [-0.3, -0.25) is 4.79 Å². The molecule has 0 heterocycles. The van der Waals surface area contributed by atoms with Gasteiger partial charge < -0.3 is 15.6 Å². The summed E-state index contributed by atoms with van der Waals surface area (Å²) in [4.78, 5) is 10.9. The molecule has 0 aliphatic heterocycles. The monoisotopic (exact) mass is 435 g/mol. The minimum atomic E-state index is -0.597. The van der Waals surface area contributed by atoms with Crippen LogP contribution in [-0.2, 0) is 11.2 Å². The lowest BCUT2D eigenvalue weighted by Crippen LogP contribution is -2.20. The van der Waals surface area contributed by atoms with Crippen LogP contribution < -0.4 is 10.5 Å². The highest BCUT2D eigenvalue weighted by Gasteiger charge is 2.15. The summed E-state index contributed by atoms with van der Waals surface area (Å²) < 4.78 is 5.25. The fourth-order valence-electron chi connectivity index (χ4n) is 2.77. The molecule has 0 saturated carbocycles. The van der Waals surface area contributed by atoms with E-state index in [1.807, 2.05) is 36.4 Å². The summed E-state index contributed by atoms with van der Waals surface area (Å²) in [5.41, 5.74) is 8.01. The zero-order chi connectivity index (χ0) is 20.3. The lowest BCUT2D eigenvalue weighted by atomic mass is 9.98. The molecule has 3 aromatic carbocycles. The van der Waals surface area contributed by atoms with E-state index in [9.17, 15) is 9.90 Å². The highest BCUT2D eigenvalue weighted by atomic mass is 35.5. The van der Waals surface area contributed by atoms with Crippen LogP contribution in [0.5, 0.6) is 11.5 Å². The third kappa shape index (κ3) is 4.71. The Morgan fingerprint density at radius 1 is 0.964 bits per heavy atom. The van der Waals surface area contributed by atoms with Gasteiger partial charge in [0.05, 0.1) is 0 Å². The van der Waals surface area contributed by atoms with Gasteiger partial charge in [-0.1, -0.05) is 65.1 Å². The van der Waals surface area contributed by atoms with Gasteiger partial charge in [0, 0.05) is 27.1 Å². The SMILES string of the molecule is NC(=O)COc1cc(Cl)c(Cc2cc(-c3ccccc3)c(O)cc2Cl)c(Cl)c1. The van der Waals surface area contributed by atoms with Crippen LogP contribution in [0.3, 0.4) is 0 Å². The average molecular weight is 437 g/mol. The maximum Gasteiger partial charge on any atom is 0.255 e. The molecule has 0 bridgehead atoms. The van der Waals surface area contributed by atoms with E-state index in [1.54, 1.807) is 12.1 Å². The zero-order valence-electron chi connectivity index (χ0n) is 14.6. The molecule has 0 aliphatic carbocycles. The van der Waals surface area contributed by atoms with E-state index in [1.165, 1.54) is 6.07 Å². The molecule has 3 aromatic rings. The quantitative estimate of drug-likeness (QED) is 0.538. The van der Waals surface area contributed by atoms with Crippen molar-refractivity contribution in [1.82, 2.24) is 0 Å². The first-order valence-corrected chi connectivity index (χ1v) is 9.44. The Hall–Kier alpha value is -2.40. The molecule has 3 rings (SSSR count). The molecule has 0 unspecified atom stereocenters. The Balaban J connectivity index is 1.94. The number of amides is 1. The number of carbonyl (C=O) groups excluding carboxylic acids is 1. The van der Waals surface area contributed by atoms with Crippen molar-refractivity contribution in [2.45, 2.75) is 6.42 Å². The largest absolute Gasteiger partial charge is 0.507 e. The predicted molar refractivity (Wildman–Crippen MR) is 113 cm³/mol. The number of benzene rings is 3. The molecule has 4 nitrogen and oxygen atoms in total. The van der Waals surface area contributed by atoms with Crippen LogP contribution in [-0.4, -0.2) is 17.6 Å². The van der Waals surface area contributed by atoms with Gasteiger partial charge in [-0.2, -0.15) is 0 Å². The van der Waals surface area contributed by atoms with Crippen molar-refractivity contribution < 1.29 is 14.6 Å². The van der Waals surface area contributed by atoms with E-state index in [-0.39, 0.29) is 12.4 Å².